The molecule has 3 heterocycles. The molecule has 1 amide bonds. The molecule has 126 valence electrons. The normalized spacial score (nSPS) is 18.4. The van der Waals surface area contributed by atoms with Crippen LogP contribution in [0.5, 0.6) is 0 Å². The van der Waals surface area contributed by atoms with Gasteiger partial charge in [0.2, 0.25) is 0 Å². The Morgan fingerprint density at radius 3 is 2.65 bits per heavy atom. The summed E-state index contributed by atoms with van der Waals surface area (Å²) in [6.45, 7) is 0. The Bertz CT molecular complexity index is 978. The maximum Gasteiger partial charge on any atom is 0.408 e. The number of benzene rings is 1. The highest BCUT2D eigenvalue weighted by atomic mass is 16.6. The van der Waals surface area contributed by atoms with E-state index in [0.29, 0.717) is 5.69 Å². The largest absolute Gasteiger partial charge is 0.439 e. The van der Waals surface area contributed by atoms with Gasteiger partial charge in [-0.25, -0.2) is 9.78 Å². The Morgan fingerprint density at radius 1 is 0.962 bits per heavy atom. The monoisotopic (exact) mass is 341 g/mol. The molecular formula is C21H15N3O2. The standard InChI is InChI=1S/C21H15N3O2/c25-21-24-19(20(26-21)16-6-2-1-3-7-16)17-10-12-23-18(13-17)9-8-15-5-4-11-22-14-15/h1-7,10-14,19-20H,(H,24,25)/t19-,20-/m1/s1. The fraction of sp³-hybridized carbons (Fsp3) is 0.0952. The zero-order chi connectivity index (χ0) is 17.8. The highest BCUT2D eigenvalue weighted by molar-refractivity contribution is 5.71. The molecule has 4 rings (SSSR count). The van der Waals surface area contributed by atoms with E-state index in [4.69, 9.17) is 4.74 Å². The number of hydrogen-bond acceptors (Lipinski definition) is 4. The van der Waals surface area contributed by atoms with E-state index in [9.17, 15) is 4.79 Å². The van der Waals surface area contributed by atoms with Gasteiger partial charge in [-0.05, 0) is 41.3 Å². The van der Waals surface area contributed by atoms with Crippen molar-refractivity contribution >= 4 is 6.09 Å². The molecule has 3 aromatic rings. The van der Waals surface area contributed by atoms with E-state index in [1.165, 1.54) is 0 Å². The van der Waals surface area contributed by atoms with Gasteiger partial charge in [0.25, 0.3) is 0 Å². The van der Waals surface area contributed by atoms with Gasteiger partial charge in [-0.1, -0.05) is 36.3 Å². The average molecular weight is 341 g/mol. The summed E-state index contributed by atoms with van der Waals surface area (Å²) in [5.74, 6) is 6.07. The number of amides is 1. The predicted octanol–water partition coefficient (Wildman–Crippen LogP) is 3.40. The van der Waals surface area contributed by atoms with E-state index >= 15 is 0 Å². The third kappa shape index (κ3) is 3.40. The second-order valence-corrected chi connectivity index (χ2v) is 5.82. The van der Waals surface area contributed by atoms with Crippen LogP contribution in [0.1, 0.15) is 34.5 Å². The number of ether oxygens (including phenoxy) is 1. The van der Waals surface area contributed by atoms with Gasteiger partial charge in [-0.15, -0.1) is 0 Å². The number of carbonyl (C=O) groups excluding carboxylic acids is 1. The van der Waals surface area contributed by atoms with Crippen LogP contribution in [-0.4, -0.2) is 16.1 Å². The first-order valence-corrected chi connectivity index (χ1v) is 8.20. The van der Waals surface area contributed by atoms with Crippen molar-refractivity contribution in [1.29, 1.82) is 0 Å². The summed E-state index contributed by atoms with van der Waals surface area (Å²) in [5.41, 5.74) is 3.28. The van der Waals surface area contributed by atoms with Crippen molar-refractivity contribution in [2.24, 2.45) is 0 Å². The Labute approximate surface area is 151 Å². The van der Waals surface area contributed by atoms with Gasteiger partial charge in [0.15, 0.2) is 6.10 Å². The van der Waals surface area contributed by atoms with E-state index in [2.05, 4.69) is 27.1 Å². The van der Waals surface area contributed by atoms with Crippen LogP contribution in [0.3, 0.4) is 0 Å². The Hall–Kier alpha value is -3.65. The molecule has 2 aromatic heterocycles. The van der Waals surface area contributed by atoms with Gasteiger partial charge >= 0.3 is 6.09 Å². The van der Waals surface area contributed by atoms with Crippen molar-refractivity contribution in [3.05, 3.63) is 95.6 Å². The zero-order valence-corrected chi connectivity index (χ0v) is 13.8. The average Bonchev–Trinajstić information content (AvgIpc) is 3.10. The molecule has 0 bridgehead atoms. The third-order valence-corrected chi connectivity index (χ3v) is 4.08. The second kappa shape index (κ2) is 7.08. The van der Waals surface area contributed by atoms with Gasteiger partial charge in [0.05, 0.1) is 6.04 Å². The van der Waals surface area contributed by atoms with Crippen LogP contribution in [0, 0.1) is 11.8 Å². The molecule has 0 spiro atoms. The van der Waals surface area contributed by atoms with Crippen molar-refractivity contribution < 1.29 is 9.53 Å². The van der Waals surface area contributed by atoms with Crippen molar-refractivity contribution in [2.75, 3.05) is 0 Å². The lowest BCUT2D eigenvalue weighted by molar-refractivity contribution is 0.132. The molecule has 1 fully saturated rings. The van der Waals surface area contributed by atoms with Gasteiger partial charge in [0.1, 0.15) is 5.69 Å². The summed E-state index contributed by atoms with van der Waals surface area (Å²) in [6, 6.07) is 16.9. The number of aromatic nitrogens is 2. The topological polar surface area (TPSA) is 64.1 Å². The first-order chi connectivity index (χ1) is 12.8. The van der Waals surface area contributed by atoms with Gasteiger partial charge in [0, 0.05) is 24.2 Å². The van der Waals surface area contributed by atoms with Crippen LogP contribution in [-0.2, 0) is 4.74 Å². The summed E-state index contributed by atoms with van der Waals surface area (Å²) < 4.78 is 5.47. The van der Waals surface area contributed by atoms with Crippen LogP contribution >= 0.6 is 0 Å². The Kier molecular flexibility index (Phi) is 4.31. The summed E-state index contributed by atoms with van der Waals surface area (Å²) >= 11 is 0. The highest BCUT2D eigenvalue weighted by Crippen LogP contribution is 2.36. The lowest BCUT2D eigenvalue weighted by Crippen LogP contribution is -2.19. The van der Waals surface area contributed by atoms with Crippen molar-refractivity contribution in [3.63, 3.8) is 0 Å². The van der Waals surface area contributed by atoms with Crippen molar-refractivity contribution in [3.8, 4) is 11.8 Å². The molecular weight excluding hydrogens is 326 g/mol. The minimum Gasteiger partial charge on any atom is -0.439 e. The lowest BCUT2D eigenvalue weighted by Gasteiger charge is -2.17. The molecule has 5 nitrogen and oxygen atoms in total. The maximum absolute atomic E-state index is 11.8. The molecule has 0 saturated carbocycles. The second-order valence-electron chi connectivity index (χ2n) is 5.82. The van der Waals surface area contributed by atoms with E-state index in [1.54, 1.807) is 18.6 Å². The third-order valence-electron chi connectivity index (χ3n) is 4.08. The predicted molar refractivity (Wildman–Crippen MR) is 96.0 cm³/mol. The molecule has 1 aromatic carbocycles. The molecule has 1 N–H and O–H groups in total. The van der Waals surface area contributed by atoms with Crippen molar-refractivity contribution in [2.45, 2.75) is 12.1 Å². The van der Waals surface area contributed by atoms with Gasteiger partial charge in [-0.3, -0.25) is 4.98 Å². The molecule has 0 aliphatic carbocycles. The van der Waals surface area contributed by atoms with E-state index < -0.39 is 6.09 Å². The number of hydrogen-bond donors (Lipinski definition) is 1. The molecule has 1 saturated heterocycles. The van der Waals surface area contributed by atoms with E-state index in [1.807, 2.05) is 54.6 Å². The number of rotatable bonds is 2. The van der Waals surface area contributed by atoms with Crippen LogP contribution in [0.15, 0.2) is 73.2 Å². The van der Waals surface area contributed by atoms with Crippen LogP contribution in [0.2, 0.25) is 0 Å². The number of pyridine rings is 2. The fourth-order valence-electron chi connectivity index (χ4n) is 2.86. The molecule has 1 aliphatic heterocycles. The molecule has 2 atom stereocenters. The number of cyclic esters (lactones) is 1. The first-order valence-electron chi connectivity index (χ1n) is 8.20. The maximum atomic E-state index is 11.8. The summed E-state index contributed by atoms with van der Waals surface area (Å²) in [7, 11) is 0. The minimum absolute atomic E-state index is 0.285. The fourth-order valence-corrected chi connectivity index (χ4v) is 2.86. The molecule has 0 unspecified atom stereocenters. The SMILES string of the molecule is O=C1N[C@H](c2ccnc(C#Cc3cccnc3)c2)[C@@H](c2ccccc2)O1. The van der Waals surface area contributed by atoms with Crippen LogP contribution in [0.25, 0.3) is 0 Å². The van der Waals surface area contributed by atoms with E-state index in [-0.39, 0.29) is 12.1 Å². The molecule has 0 radical (unpaired) electrons. The smallest absolute Gasteiger partial charge is 0.408 e. The number of nitrogens with zero attached hydrogens (tertiary/aromatic N) is 2. The number of carbonyl (C=O) groups is 1. The molecule has 1 aliphatic rings. The van der Waals surface area contributed by atoms with Gasteiger partial charge in [-0.2, -0.15) is 0 Å². The minimum atomic E-state index is -0.427. The summed E-state index contributed by atoms with van der Waals surface area (Å²) in [6.07, 6.45) is 4.29. The first kappa shape index (κ1) is 15.9. The van der Waals surface area contributed by atoms with Gasteiger partial charge < -0.3 is 10.1 Å². The lowest BCUT2D eigenvalue weighted by atomic mass is 9.97. The quantitative estimate of drug-likeness (QED) is 0.726. The van der Waals surface area contributed by atoms with Crippen LogP contribution < -0.4 is 5.32 Å². The van der Waals surface area contributed by atoms with Crippen molar-refractivity contribution in [1.82, 2.24) is 15.3 Å². The summed E-state index contributed by atoms with van der Waals surface area (Å²) in [5, 5.41) is 2.87. The van der Waals surface area contributed by atoms with E-state index in [0.717, 1.165) is 16.7 Å². The number of nitrogens with one attached hydrogen (secondary N) is 1. The Balaban J connectivity index is 1.63. The zero-order valence-electron chi connectivity index (χ0n) is 13.8. The number of alkyl carbamates (subject to hydrolysis) is 1. The van der Waals surface area contributed by atoms with Crippen LogP contribution in [0.4, 0.5) is 4.79 Å². The molecule has 5 heteroatoms. The highest BCUT2D eigenvalue weighted by Gasteiger charge is 2.36. The molecule has 26 heavy (non-hydrogen) atoms. The Morgan fingerprint density at radius 2 is 1.85 bits per heavy atom. The summed E-state index contributed by atoms with van der Waals surface area (Å²) in [4.78, 5) is 20.2.